The standard InChI is InChI=1S/C9H7F3O2S/c1-5-2-3-6(15-9(10,11)12)4-7(5)8(13)14/h2-4H,1H3,(H,13,14). The van der Waals surface area contributed by atoms with E-state index in [4.69, 9.17) is 5.11 Å². The van der Waals surface area contributed by atoms with E-state index in [2.05, 4.69) is 0 Å². The van der Waals surface area contributed by atoms with Gasteiger partial charge in [0.25, 0.3) is 0 Å². The van der Waals surface area contributed by atoms with Gasteiger partial charge in [-0.1, -0.05) is 6.07 Å². The van der Waals surface area contributed by atoms with E-state index in [1.165, 1.54) is 19.1 Å². The molecule has 0 radical (unpaired) electrons. The van der Waals surface area contributed by atoms with E-state index in [-0.39, 0.29) is 22.2 Å². The van der Waals surface area contributed by atoms with Crippen molar-refractivity contribution in [2.45, 2.75) is 17.3 Å². The highest BCUT2D eigenvalue weighted by Crippen LogP contribution is 2.37. The highest BCUT2D eigenvalue weighted by Gasteiger charge is 2.29. The van der Waals surface area contributed by atoms with Gasteiger partial charge in [-0.05, 0) is 36.4 Å². The van der Waals surface area contributed by atoms with Crippen molar-refractivity contribution >= 4 is 17.7 Å². The van der Waals surface area contributed by atoms with Crippen LogP contribution in [0.3, 0.4) is 0 Å². The third-order valence-electron chi connectivity index (χ3n) is 1.67. The molecule has 0 bridgehead atoms. The number of alkyl halides is 3. The number of carbonyl (C=O) groups is 1. The van der Waals surface area contributed by atoms with Gasteiger partial charge >= 0.3 is 11.5 Å². The molecule has 0 saturated carbocycles. The van der Waals surface area contributed by atoms with Crippen LogP contribution in [0.5, 0.6) is 0 Å². The lowest BCUT2D eigenvalue weighted by Gasteiger charge is -2.07. The minimum atomic E-state index is -4.40. The molecule has 0 fully saturated rings. The van der Waals surface area contributed by atoms with Gasteiger partial charge < -0.3 is 5.11 Å². The fraction of sp³-hybridized carbons (Fsp3) is 0.222. The Morgan fingerprint density at radius 3 is 2.47 bits per heavy atom. The molecule has 0 amide bonds. The highest BCUT2D eigenvalue weighted by molar-refractivity contribution is 8.00. The minimum absolute atomic E-state index is 0.107. The number of rotatable bonds is 2. The molecular formula is C9H7F3O2S. The summed E-state index contributed by atoms with van der Waals surface area (Å²) >= 11 is -0.322. The fourth-order valence-corrected chi connectivity index (χ4v) is 1.61. The van der Waals surface area contributed by atoms with Gasteiger partial charge in [-0.25, -0.2) is 4.79 Å². The molecule has 0 aliphatic rings. The van der Waals surface area contributed by atoms with E-state index >= 15 is 0 Å². The Kier molecular flexibility index (Phi) is 3.28. The van der Waals surface area contributed by atoms with Crippen molar-refractivity contribution in [3.63, 3.8) is 0 Å². The summed E-state index contributed by atoms with van der Waals surface area (Å²) < 4.78 is 36.0. The maximum Gasteiger partial charge on any atom is 0.446 e. The summed E-state index contributed by atoms with van der Waals surface area (Å²) in [5.74, 6) is -1.22. The number of hydrogen-bond donors (Lipinski definition) is 1. The smallest absolute Gasteiger partial charge is 0.446 e. The van der Waals surface area contributed by atoms with Crippen molar-refractivity contribution < 1.29 is 23.1 Å². The number of thioether (sulfide) groups is 1. The number of aryl methyl sites for hydroxylation is 1. The van der Waals surface area contributed by atoms with E-state index in [1.807, 2.05) is 0 Å². The molecule has 0 heterocycles. The molecular weight excluding hydrogens is 229 g/mol. The number of halogens is 3. The van der Waals surface area contributed by atoms with Gasteiger partial charge in [-0.2, -0.15) is 13.2 Å². The van der Waals surface area contributed by atoms with Crippen molar-refractivity contribution in [3.8, 4) is 0 Å². The molecule has 0 spiro atoms. The monoisotopic (exact) mass is 236 g/mol. The number of hydrogen-bond acceptors (Lipinski definition) is 2. The van der Waals surface area contributed by atoms with Crippen LogP contribution >= 0.6 is 11.8 Å². The highest BCUT2D eigenvalue weighted by atomic mass is 32.2. The summed E-state index contributed by atoms with van der Waals surface area (Å²) in [4.78, 5) is 10.5. The number of aromatic carboxylic acids is 1. The van der Waals surface area contributed by atoms with Crippen LogP contribution in [0.4, 0.5) is 13.2 Å². The Balaban J connectivity index is 3.03. The summed E-state index contributed by atoms with van der Waals surface area (Å²) in [6.45, 7) is 1.53. The van der Waals surface area contributed by atoms with Crippen LogP contribution in [0.25, 0.3) is 0 Å². The molecule has 0 aliphatic carbocycles. The zero-order chi connectivity index (χ0) is 11.6. The predicted octanol–water partition coefficient (Wildman–Crippen LogP) is 3.31. The lowest BCUT2D eigenvalue weighted by molar-refractivity contribution is -0.0328. The SMILES string of the molecule is Cc1ccc(SC(F)(F)F)cc1C(=O)O. The Bertz CT molecular complexity index is 387. The average molecular weight is 236 g/mol. The van der Waals surface area contributed by atoms with Crippen molar-refractivity contribution in [1.29, 1.82) is 0 Å². The van der Waals surface area contributed by atoms with Crippen LogP contribution < -0.4 is 0 Å². The molecule has 0 unspecified atom stereocenters. The summed E-state index contributed by atoms with van der Waals surface area (Å²) in [6.07, 6.45) is 0. The van der Waals surface area contributed by atoms with E-state index in [0.717, 1.165) is 6.07 Å². The van der Waals surface area contributed by atoms with Crippen LogP contribution in [0.15, 0.2) is 23.1 Å². The van der Waals surface area contributed by atoms with Crippen LogP contribution in [-0.4, -0.2) is 16.6 Å². The fourth-order valence-electron chi connectivity index (χ4n) is 1.03. The van der Waals surface area contributed by atoms with Crippen molar-refractivity contribution in [3.05, 3.63) is 29.3 Å². The molecule has 0 aliphatic heterocycles. The minimum Gasteiger partial charge on any atom is -0.478 e. The van der Waals surface area contributed by atoms with Gasteiger partial charge in [0.2, 0.25) is 0 Å². The first kappa shape index (κ1) is 11.9. The van der Waals surface area contributed by atoms with E-state index in [1.54, 1.807) is 0 Å². The maximum atomic E-state index is 12.0. The molecule has 0 atom stereocenters. The Labute approximate surface area is 88.1 Å². The third-order valence-corrected chi connectivity index (χ3v) is 2.39. The Morgan fingerprint density at radius 1 is 1.40 bits per heavy atom. The first-order chi connectivity index (χ1) is 6.79. The molecule has 2 nitrogen and oxygen atoms in total. The van der Waals surface area contributed by atoms with Crippen molar-refractivity contribution in [2.24, 2.45) is 0 Å². The topological polar surface area (TPSA) is 37.3 Å². The molecule has 6 heteroatoms. The molecule has 0 saturated heterocycles. The second kappa shape index (κ2) is 4.14. The predicted molar refractivity (Wildman–Crippen MR) is 50.1 cm³/mol. The van der Waals surface area contributed by atoms with Gasteiger partial charge in [0, 0.05) is 4.90 Å². The largest absolute Gasteiger partial charge is 0.478 e. The normalized spacial score (nSPS) is 11.5. The van der Waals surface area contributed by atoms with Crippen LogP contribution in [0, 0.1) is 6.92 Å². The Hall–Kier alpha value is -1.17. The van der Waals surface area contributed by atoms with E-state index in [9.17, 15) is 18.0 Å². The summed E-state index contributed by atoms with van der Waals surface area (Å²) in [5.41, 5.74) is -4.07. The van der Waals surface area contributed by atoms with Crippen LogP contribution in [-0.2, 0) is 0 Å². The van der Waals surface area contributed by atoms with Gasteiger partial charge in [-0.15, -0.1) is 0 Å². The second-order valence-electron chi connectivity index (χ2n) is 2.83. The number of benzene rings is 1. The number of carboxylic acid groups (broad SMARTS) is 1. The second-order valence-corrected chi connectivity index (χ2v) is 3.97. The van der Waals surface area contributed by atoms with Gasteiger partial charge in [0.1, 0.15) is 0 Å². The van der Waals surface area contributed by atoms with Gasteiger partial charge in [0.05, 0.1) is 5.56 Å². The quantitative estimate of drug-likeness (QED) is 0.800. The molecule has 0 aromatic heterocycles. The third kappa shape index (κ3) is 3.47. The molecule has 1 aromatic carbocycles. The average Bonchev–Trinajstić information content (AvgIpc) is 2.05. The van der Waals surface area contributed by atoms with Crippen LogP contribution in [0.1, 0.15) is 15.9 Å². The van der Waals surface area contributed by atoms with E-state index in [0.29, 0.717) is 5.56 Å². The number of carboxylic acids is 1. The van der Waals surface area contributed by atoms with Gasteiger partial charge in [0.15, 0.2) is 0 Å². The van der Waals surface area contributed by atoms with Crippen molar-refractivity contribution in [2.75, 3.05) is 0 Å². The molecule has 1 N–H and O–H groups in total. The summed E-state index contributed by atoms with van der Waals surface area (Å²) in [7, 11) is 0. The lowest BCUT2D eigenvalue weighted by Crippen LogP contribution is -2.02. The lowest BCUT2D eigenvalue weighted by atomic mass is 10.1. The van der Waals surface area contributed by atoms with Crippen molar-refractivity contribution in [1.82, 2.24) is 0 Å². The molecule has 1 aromatic rings. The summed E-state index contributed by atoms with van der Waals surface area (Å²) in [6, 6.07) is 3.63. The molecule has 82 valence electrons. The van der Waals surface area contributed by atoms with Crippen LogP contribution in [0.2, 0.25) is 0 Å². The first-order valence-electron chi connectivity index (χ1n) is 3.89. The molecule has 15 heavy (non-hydrogen) atoms. The zero-order valence-corrected chi connectivity index (χ0v) is 8.45. The maximum absolute atomic E-state index is 12.0. The van der Waals surface area contributed by atoms with E-state index < -0.39 is 11.5 Å². The Morgan fingerprint density at radius 2 is 2.00 bits per heavy atom. The van der Waals surface area contributed by atoms with Gasteiger partial charge in [-0.3, -0.25) is 0 Å². The molecule has 1 rings (SSSR count). The zero-order valence-electron chi connectivity index (χ0n) is 7.63. The first-order valence-corrected chi connectivity index (χ1v) is 4.71. The summed E-state index contributed by atoms with van der Waals surface area (Å²) in [5, 5.41) is 8.70.